The zero-order valence-electron chi connectivity index (χ0n) is 10.2. The average Bonchev–Trinajstić information content (AvgIpc) is 2.85. The van der Waals surface area contributed by atoms with E-state index in [1.807, 2.05) is 0 Å². The van der Waals surface area contributed by atoms with Crippen LogP contribution in [0.2, 0.25) is 0 Å². The highest BCUT2D eigenvalue weighted by Crippen LogP contribution is 2.24. The molecule has 0 aromatic carbocycles. The number of nitrogens with two attached hydrogens (primary N) is 1. The van der Waals surface area contributed by atoms with Crippen molar-refractivity contribution in [2.75, 3.05) is 40.0 Å². The van der Waals surface area contributed by atoms with E-state index in [1.54, 1.807) is 0 Å². The number of nitrogens with zero attached hydrogens (tertiary/aromatic N) is 1. The Morgan fingerprint density at radius 3 is 2.44 bits per heavy atom. The van der Waals surface area contributed by atoms with E-state index in [1.165, 1.54) is 0 Å². The summed E-state index contributed by atoms with van der Waals surface area (Å²) in [7, 11) is 2.21. The van der Waals surface area contributed by atoms with E-state index in [9.17, 15) is 0 Å². The van der Waals surface area contributed by atoms with Crippen molar-refractivity contribution in [2.24, 2.45) is 11.7 Å². The van der Waals surface area contributed by atoms with Crippen LogP contribution in [-0.2, 0) is 9.47 Å². The Morgan fingerprint density at radius 2 is 1.88 bits per heavy atom. The van der Waals surface area contributed by atoms with Gasteiger partial charge in [-0.1, -0.05) is 0 Å². The summed E-state index contributed by atoms with van der Waals surface area (Å²) in [4.78, 5) is 2.47. The summed E-state index contributed by atoms with van der Waals surface area (Å²) < 4.78 is 10.9. The van der Waals surface area contributed by atoms with E-state index in [0.717, 1.165) is 52.2 Å². The van der Waals surface area contributed by atoms with Crippen molar-refractivity contribution < 1.29 is 9.47 Å². The van der Waals surface area contributed by atoms with Crippen LogP contribution in [0.1, 0.15) is 19.3 Å². The molecule has 0 aliphatic carbocycles. The van der Waals surface area contributed by atoms with E-state index in [-0.39, 0.29) is 0 Å². The van der Waals surface area contributed by atoms with Crippen molar-refractivity contribution in [3.8, 4) is 0 Å². The Kier molecular flexibility index (Phi) is 4.58. The lowest BCUT2D eigenvalue weighted by Gasteiger charge is -2.39. The molecule has 0 radical (unpaired) electrons. The lowest BCUT2D eigenvalue weighted by Crippen LogP contribution is -2.50. The molecule has 2 heterocycles. The van der Waals surface area contributed by atoms with E-state index in [0.29, 0.717) is 18.0 Å². The third kappa shape index (κ3) is 2.74. The molecule has 2 fully saturated rings. The highest BCUT2D eigenvalue weighted by atomic mass is 16.5. The molecule has 0 bridgehead atoms. The van der Waals surface area contributed by atoms with Crippen LogP contribution in [0.25, 0.3) is 0 Å². The lowest BCUT2D eigenvalue weighted by atomic mass is 9.95. The molecule has 2 unspecified atom stereocenters. The Labute approximate surface area is 98.1 Å². The number of hydrogen-bond acceptors (Lipinski definition) is 4. The minimum atomic E-state index is 0.477. The number of ether oxygens (including phenoxy) is 2. The molecular formula is C12H24N2O2. The second kappa shape index (κ2) is 5.96. The second-order valence-electron chi connectivity index (χ2n) is 4.94. The summed E-state index contributed by atoms with van der Waals surface area (Å²) in [6.07, 6.45) is 3.44. The fourth-order valence-electron chi connectivity index (χ4n) is 2.91. The first-order valence-electron chi connectivity index (χ1n) is 6.40. The minimum Gasteiger partial charge on any atom is -0.381 e. The number of likely N-dealkylation sites (N-methyl/N-ethyl adjacent to an activating group) is 1. The fraction of sp³-hybridized carbons (Fsp3) is 1.00. The Hall–Kier alpha value is -0.160. The van der Waals surface area contributed by atoms with Gasteiger partial charge in [-0.15, -0.1) is 0 Å². The smallest absolute Gasteiger partial charge is 0.0510 e. The quantitative estimate of drug-likeness (QED) is 0.759. The van der Waals surface area contributed by atoms with Gasteiger partial charge in [0.15, 0.2) is 0 Å². The Balaban J connectivity index is 1.90. The molecular weight excluding hydrogens is 204 g/mol. The van der Waals surface area contributed by atoms with Crippen LogP contribution in [0.5, 0.6) is 0 Å². The van der Waals surface area contributed by atoms with Crippen molar-refractivity contribution in [1.29, 1.82) is 0 Å². The third-order valence-electron chi connectivity index (χ3n) is 4.04. The molecule has 94 valence electrons. The van der Waals surface area contributed by atoms with Crippen LogP contribution in [-0.4, -0.2) is 57.0 Å². The van der Waals surface area contributed by atoms with Crippen molar-refractivity contribution in [2.45, 2.75) is 31.3 Å². The summed E-state index contributed by atoms with van der Waals surface area (Å²) in [5.74, 6) is 0.623. The van der Waals surface area contributed by atoms with Crippen LogP contribution in [0.3, 0.4) is 0 Å². The molecule has 0 aromatic rings. The van der Waals surface area contributed by atoms with Gasteiger partial charge in [-0.3, -0.25) is 4.90 Å². The van der Waals surface area contributed by atoms with Gasteiger partial charge in [0.1, 0.15) is 0 Å². The fourth-order valence-corrected chi connectivity index (χ4v) is 2.91. The molecule has 0 spiro atoms. The molecule has 0 aromatic heterocycles. The van der Waals surface area contributed by atoms with Gasteiger partial charge in [0, 0.05) is 44.4 Å². The first-order chi connectivity index (χ1) is 7.83. The van der Waals surface area contributed by atoms with Gasteiger partial charge in [0.2, 0.25) is 0 Å². The molecule has 2 aliphatic rings. The third-order valence-corrected chi connectivity index (χ3v) is 4.04. The molecule has 4 heteroatoms. The van der Waals surface area contributed by atoms with Crippen molar-refractivity contribution in [1.82, 2.24) is 4.90 Å². The summed E-state index contributed by atoms with van der Waals surface area (Å²) >= 11 is 0. The van der Waals surface area contributed by atoms with Crippen molar-refractivity contribution >= 4 is 0 Å². The largest absolute Gasteiger partial charge is 0.381 e. The van der Waals surface area contributed by atoms with Crippen LogP contribution in [0.15, 0.2) is 0 Å². The molecule has 2 saturated heterocycles. The first kappa shape index (κ1) is 12.3. The van der Waals surface area contributed by atoms with Gasteiger partial charge in [-0.25, -0.2) is 0 Å². The summed E-state index contributed by atoms with van der Waals surface area (Å²) in [6.45, 7) is 4.32. The van der Waals surface area contributed by atoms with Gasteiger partial charge in [-0.2, -0.15) is 0 Å². The molecule has 16 heavy (non-hydrogen) atoms. The van der Waals surface area contributed by atoms with E-state index >= 15 is 0 Å². The maximum atomic E-state index is 5.93. The van der Waals surface area contributed by atoms with Crippen LogP contribution in [0, 0.1) is 5.92 Å². The summed E-state index contributed by atoms with van der Waals surface area (Å²) in [5.41, 5.74) is 5.93. The topological polar surface area (TPSA) is 47.7 Å². The Morgan fingerprint density at radius 1 is 1.19 bits per heavy atom. The van der Waals surface area contributed by atoms with E-state index in [4.69, 9.17) is 15.2 Å². The second-order valence-corrected chi connectivity index (χ2v) is 4.94. The van der Waals surface area contributed by atoms with Gasteiger partial charge in [0.25, 0.3) is 0 Å². The van der Waals surface area contributed by atoms with Crippen molar-refractivity contribution in [3.63, 3.8) is 0 Å². The van der Waals surface area contributed by atoms with Crippen molar-refractivity contribution in [3.05, 3.63) is 0 Å². The number of hydrogen-bond donors (Lipinski definition) is 1. The Bertz CT molecular complexity index is 201. The molecule has 2 atom stereocenters. The molecule has 2 rings (SSSR count). The zero-order valence-corrected chi connectivity index (χ0v) is 10.2. The normalized spacial score (nSPS) is 29.8. The molecule has 2 N–H and O–H groups in total. The first-order valence-corrected chi connectivity index (χ1v) is 6.40. The zero-order chi connectivity index (χ0) is 11.4. The maximum absolute atomic E-state index is 5.93. The number of rotatable bonds is 4. The summed E-state index contributed by atoms with van der Waals surface area (Å²) in [5, 5.41) is 0. The average molecular weight is 228 g/mol. The predicted octanol–water partition coefficient (Wildman–Crippen LogP) is 0.461. The highest BCUT2D eigenvalue weighted by Gasteiger charge is 2.31. The maximum Gasteiger partial charge on any atom is 0.0510 e. The van der Waals surface area contributed by atoms with Crippen LogP contribution < -0.4 is 5.73 Å². The molecule has 2 aliphatic heterocycles. The minimum absolute atomic E-state index is 0.477. The van der Waals surface area contributed by atoms with E-state index in [2.05, 4.69) is 11.9 Å². The van der Waals surface area contributed by atoms with Gasteiger partial charge in [-0.05, 0) is 26.3 Å². The van der Waals surface area contributed by atoms with E-state index < -0.39 is 0 Å². The lowest BCUT2D eigenvalue weighted by molar-refractivity contribution is 0.0177. The van der Waals surface area contributed by atoms with Gasteiger partial charge >= 0.3 is 0 Å². The SMILES string of the molecule is CN(C1CCOCC1)C(CN)C1CCOC1. The van der Waals surface area contributed by atoms with Crippen LogP contribution in [0.4, 0.5) is 0 Å². The molecule has 4 nitrogen and oxygen atoms in total. The highest BCUT2D eigenvalue weighted by molar-refractivity contribution is 4.85. The van der Waals surface area contributed by atoms with Gasteiger partial charge < -0.3 is 15.2 Å². The predicted molar refractivity (Wildman–Crippen MR) is 63.4 cm³/mol. The van der Waals surface area contributed by atoms with Crippen LogP contribution >= 0.6 is 0 Å². The van der Waals surface area contributed by atoms with Gasteiger partial charge in [0.05, 0.1) is 6.61 Å². The summed E-state index contributed by atoms with van der Waals surface area (Å²) in [6, 6.07) is 1.12. The standard InChI is InChI=1S/C12H24N2O2/c1-14(11-3-6-15-7-4-11)12(8-13)10-2-5-16-9-10/h10-12H,2-9,13H2,1H3. The molecule has 0 amide bonds. The molecule has 0 saturated carbocycles. The monoisotopic (exact) mass is 228 g/mol.